The highest BCUT2D eigenvalue weighted by Gasteiger charge is 2.29. The zero-order valence-electron chi connectivity index (χ0n) is 14.2. The second-order valence-corrected chi connectivity index (χ2v) is 6.25. The van der Waals surface area contributed by atoms with E-state index < -0.39 is 5.51 Å². The minimum atomic E-state index is -4.31. The molecule has 1 rings (SSSR count). The summed E-state index contributed by atoms with van der Waals surface area (Å²) in [5, 5.41) is 2.72. The smallest absolute Gasteiger partial charge is 0.324 e. The van der Waals surface area contributed by atoms with Crippen molar-refractivity contribution in [3.63, 3.8) is 0 Å². The predicted octanol–water partition coefficient (Wildman–Crippen LogP) is 4.49. The van der Waals surface area contributed by atoms with Crippen LogP contribution in [0.25, 0.3) is 0 Å². The average molecular weight is 363 g/mol. The summed E-state index contributed by atoms with van der Waals surface area (Å²) in [6.07, 6.45) is 0. The van der Waals surface area contributed by atoms with Gasteiger partial charge in [-0.25, -0.2) is 4.79 Å². The first-order chi connectivity index (χ1) is 11.3. The largest absolute Gasteiger partial charge is 0.446 e. The van der Waals surface area contributed by atoms with Crippen molar-refractivity contribution in [1.82, 2.24) is 9.80 Å². The molecule has 24 heavy (non-hydrogen) atoms. The molecule has 0 aliphatic carbocycles. The number of carbonyl (C=O) groups excluding carboxylic acids is 1. The maximum Gasteiger partial charge on any atom is 0.446 e. The molecular weight excluding hydrogens is 339 g/mol. The van der Waals surface area contributed by atoms with Crippen LogP contribution < -0.4 is 5.32 Å². The number of carbonyl (C=O) groups is 1. The summed E-state index contributed by atoms with van der Waals surface area (Å²) in [4.78, 5) is 16.2. The third-order valence-electron chi connectivity index (χ3n) is 3.59. The fraction of sp³-hybridized carbons (Fsp3) is 0.562. The first-order valence-corrected chi connectivity index (χ1v) is 8.74. The van der Waals surface area contributed by atoms with Crippen LogP contribution in [-0.4, -0.2) is 54.1 Å². The summed E-state index contributed by atoms with van der Waals surface area (Å²) in [6, 6.07) is 5.40. The van der Waals surface area contributed by atoms with E-state index in [0.29, 0.717) is 18.8 Å². The van der Waals surface area contributed by atoms with E-state index in [0.717, 1.165) is 19.6 Å². The number of alkyl halides is 3. The summed E-state index contributed by atoms with van der Waals surface area (Å²) < 4.78 is 36.9. The van der Waals surface area contributed by atoms with Gasteiger partial charge in [0.25, 0.3) is 0 Å². The molecule has 0 radical (unpaired) electrons. The molecule has 1 aromatic rings. The highest BCUT2D eigenvalue weighted by molar-refractivity contribution is 8.00. The molecule has 0 atom stereocenters. The summed E-state index contributed by atoms with van der Waals surface area (Å²) in [5.74, 6) is 0. The Morgan fingerprint density at radius 2 is 1.62 bits per heavy atom. The Morgan fingerprint density at radius 1 is 1.04 bits per heavy atom. The molecule has 136 valence electrons. The number of nitrogens with zero attached hydrogens (tertiary/aromatic N) is 2. The van der Waals surface area contributed by atoms with Gasteiger partial charge in [-0.1, -0.05) is 13.8 Å². The average Bonchev–Trinajstić information content (AvgIpc) is 2.52. The van der Waals surface area contributed by atoms with Gasteiger partial charge in [-0.2, -0.15) is 13.2 Å². The second-order valence-electron chi connectivity index (χ2n) is 5.11. The molecule has 0 aliphatic heterocycles. The van der Waals surface area contributed by atoms with Gasteiger partial charge < -0.3 is 15.1 Å². The lowest BCUT2D eigenvalue weighted by atomic mass is 10.3. The van der Waals surface area contributed by atoms with Crippen molar-refractivity contribution in [2.45, 2.75) is 31.2 Å². The molecule has 0 saturated heterocycles. The van der Waals surface area contributed by atoms with Crippen molar-refractivity contribution in [3.8, 4) is 0 Å². The van der Waals surface area contributed by atoms with Gasteiger partial charge in [0.15, 0.2) is 0 Å². The summed E-state index contributed by atoms with van der Waals surface area (Å²) >= 11 is -0.173. The van der Waals surface area contributed by atoms with E-state index >= 15 is 0 Å². The highest BCUT2D eigenvalue weighted by Crippen LogP contribution is 2.37. The Bertz CT molecular complexity index is 504. The molecule has 0 saturated carbocycles. The molecule has 0 fully saturated rings. The minimum absolute atomic E-state index is 0.0920. The number of rotatable bonds is 8. The molecular formula is C16H24F3N3OS. The van der Waals surface area contributed by atoms with Crippen LogP contribution in [0.5, 0.6) is 0 Å². The Labute approximate surface area is 145 Å². The molecule has 1 N–H and O–H groups in total. The van der Waals surface area contributed by atoms with Crippen molar-refractivity contribution < 1.29 is 18.0 Å². The molecule has 0 bridgehead atoms. The van der Waals surface area contributed by atoms with Crippen molar-refractivity contribution in [3.05, 3.63) is 24.3 Å². The zero-order valence-corrected chi connectivity index (χ0v) is 15.0. The molecule has 8 heteroatoms. The minimum Gasteiger partial charge on any atom is -0.324 e. The van der Waals surface area contributed by atoms with Crippen LogP contribution in [0, 0.1) is 0 Å². The van der Waals surface area contributed by atoms with E-state index in [2.05, 4.69) is 24.1 Å². The molecule has 2 amide bonds. The van der Waals surface area contributed by atoms with Gasteiger partial charge in [-0.15, -0.1) is 0 Å². The fourth-order valence-corrected chi connectivity index (χ4v) is 2.69. The predicted molar refractivity (Wildman–Crippen MR) is 92.4 cm³/mol. The number of thioether (sulfide) groups is 1. The molecule has 1 aromatic carbocycles. The number of halogens is 3. The maximum atomic E-state index is 12.3. The first-order valence-electron chi connectivity index (χ1n) is 7.93. The van der Waals surface area contributed by atoms with Crippen LogP contribution in [0.1, 0.15) is 20.8 Å². The van der Waals surface area contributed by atoms with Gasteiger partial charge in [0.05, 0.1) is 0 Å². The lowest BCUT2D eigenvalue weighted by Crippen LogP contribution is -2.40. The van der Waals surface area contributed by atoms with Crippen LogP contribution in [-0.2, 0) is 0 Å². The Morgan fingerprint density at radius 3 is 2.08 bits per heavy atom. The Hall–Kier alpha value is -1.41. The van der Waals surface area contributed by atoms with Gasteiger partial charge in [-0.3, -0.25) is 0 Å². The van der Waals surface area contributed by atoms with Gasteiger partial charge in [0.2, 0.25) is 0 Å². The normalized spacial score (nSPS) is 11.6. The van der Waals surface area contributed by atoms with Crippen LogP contribution in [0.2, 0.25) is 0 Å². The SMILES string of the molecule is CCN(CC)CCN(CC)C(=O)Nc1ccc(SC(F)(F)F)cc1. The number of hydrogen-bond donors (Lipinski definition) is 1. The van der Waals surface area contributed by atoms with E-state index in [9.17, 15) is 18.0 Å². The summed E-state index contributed by atoms with van der Waals surface area (Å²) in [7, 11) is 0. The zero-order chi connectivity index (χ0) is 18.2. The number of nitrogens with one attached hydrogen (secondary N) is 1. The Kier molecular flexibility index (Phi) is 8.41. The third-order valence-corrected chi connectivity index (χ3v) is 4.33. The number of hydrogen-bond acceptors (Lipinski definition) is 3. The van der Waals surface area contributed by atoms with Gasteiger partial charge >= 0.3 is 11.5 Å². The van der Waals surface area contributed by atoms with Crippen LogP contribution in [0.4, 0.5) is 23.7 Å². The van der Waals surface area contributed by atoms with E-state index in [1.165, 1.54) is 24.3 Å². The van der Waals surface area contributed by atoms with Gasteiger partial charge in [0, 0.05) is 30.2 Å². The van der Waals surface area contributed by atoms with Crippen LogP contribution >= 0.6 is 11.8 Å². The maximum absolute atomic E-state index is 12.3. The monoisotopic (exact) mass is 363 g/mol. The first kappa shape index (κ1) is 20.6. The second kappa shape index (κ2) is 9.78. The van der Waals surface area contributed by atoms with E-state index in [1.807, 2.05) is 6.92 Å². The summed E-state index contributed by atoms with van der Waals surface area (Å²) in [5.41, 5.74) is -3.83. The number of amides is 2. The highest BCUT2D eigenvalue weighted by atomic mass is 32.2. The fourth-order valence-electron chi connectivity index (χ4n) is 2.15. The molecule has 0 aromatic heterocycles. The topological polar surface area (TPSA) is 35.6 Å². The number of urea groups is 1. The molecule has 4 nitrogen and oxygen atoms in total. The van der Waals surface area contributed by atoms with Gasteiger partial charge in [0.1, 0.15) is 0 Å². The third kappa shape index (κ3) is 7.44. The van der Waals surface area contributed by atoms with Crippen molar-refractivity contribution in [2.24, 2.45) is 0 Å². The molecule has 0 spiro atoms. The van der Waals surface area contributed by atoms with E-state index in [4.69, 9.17) is 0 Å². The lowest BCUT2D eigenvalue weighted by Gasteiger charge is -2.25. The van der Waals surface area contributed by atoms with Crippen molar-refractivity contribution in [1.29, 1.82) is 0 Å². The standard InChI is InChI=1S/C16H24F3N3OS/c1-4-21(5-2)11-12-22(6-3)15(23)20-13-7-9-14(10-8-13)24-16(17,18)19/h7-10H,4-6,11-12H2,1-3H3,(H,20,23). The molecule has 0 aliphatic rings. The van der Waals surface area contributed by atoms with Crippen LogP contribution in [0.15, 0.2) is 29.2 Å². The number of likely N-dealkylation sites (N-methyl/N-ethyl adjacent to an activating group) is 2. The number of anilines is 1. The van der Waals surface area contributed by atoms with E-state index in [-0.39, 0.29) is 22.7 Å². The van der Waals surface area contributed by atoms with Crippen LogP contribution in [0.3, 0.4) is 0 Å². The number of benzene rings is 1. The quantitative estimate of drug-likeness (QED) is 0.691. The lowest BCUT2D eigenvalue weighted by molar-refractivity contribution is -0.0328. The van der Waals surface area contributed by atoms with Crippen molar-refractivity contribution >= 4 is 23.5 Å². The van der Waals surface area contributed by atoms with E-state index in [1.54, 1.807) is 4.90 Å². The summed E-state index contributed by atoms with van der Waals surface area (Å²) in [6.45, 7) is 9.84. The van der Waals surface area contributed by atoms with Gasteiger partial charge in [-0.05, 0) is 56.0 Å². The molecule has 0 heterocycles. The molecule has 0 unspecified atom stereocenters. The Balaban J connectivity index is 2.58. The van der Waals surface area contributed by atoms with Crippen molar-refractivity contribution in [2.75, 3.05) is 38.0 Å².